The van der Waals surface area contributed by atoms with E-state index in [4.69, 9.17) is 5.11 Å². The monoisotopic (exact) mass is 319 g/mol. The molecule has 0 bridgehead atoms. The number of rotatable bonds is 5. The Morgan fingerprint density at radius 1 is 1.43 bits per heavy atom. The predicted octanol–water partition coefficient (Wildman–Crippen LogP) is 1.96. The first-order chi connectivity index (χ1) is 10.2. The summed E-state index contributed by atoms with van der Waals surface area (Å²) in [5, 5.41) is 21.6. The molecule has 0 fully saturated rings. The van der Waals surface area contributed by atoms with Crippen molar-refractivity contribution < 1.29 is 9.90 Å². The SMILES string of the molecule is O=C(O)CSc1nc(-c2cccc(-n3cnnn3)c2)cs1. The van der Waals surface area contributed by atoms with Gasteiger partial charge in [0.15, 0.2) is 4.34 Å². The summed E-state index contributed by atoms with van der Waals surface area (Å²) in [6, 6.07) is 7.66. The first-order valence-electron chi connectivity index (χ1n) is 5.86. The molecule has 0 unspecified atom stereocenters. The molecule has 0 radical (unpaired) electrons. The van der Waals surface area contributed by atoms with Crippen molar-refractivity contribution in [1.29, 1.82) is 0 Å². The van der Waals surface area contributed by atoms with E-state index in [2.05, 4.69) is 20.5 Å². The van der Waals surface area contributed by atoms with E-state index in [1.54, 1.807) is 4.68 Å². The summed E-state index contributed by atoms with van der Waals surface area (Å²) in [4.78, 5) is 15.0. The Hall–Kier alpha value is -2.26. The molecule has 0 aliphatic heterocycles. The molecule has 0 aliphatic rings. The zero-order valence-corrected chi connectivity index (χ0v) is 12.2. The molecule has 106 valence electrons. The second-order valence-corrected chi connectivity index (χ2v) is 6.07. The van der Waals surface area contributed by atoms with E-state index in [9.17, 15) is 4.79 Å². The van der Waals surface area contributed by atoms with Crippen LogP contribution in [0.1, 0.15) is 0 Å². The van der Waals surface area contributed by atoms with Gasteiger partial charge in [-0.05, 0) is 22.6 Å². The van der Waals surface area contributed by atoms with Crippen LogP contribution in [-0.4, -0.2) is 42.0 Å². The number of thiazole rings is 1. The molecule has 1 N–H and O–H groups in total. The molecule has 0 aliphatic carbocycles. The van der Waals surface area contributed by atoms with Crippen LogP contribution in [0, 0.1) is 0 Å². The zero-order valence-electron chi connectivity index (χ0n) is 10.6. The lowest BCUT2D eigenvalue weighted by atomic mass is 10.1. The minimum atomic E-state index is -0.850. The van der Waals surface area contributed by atoms with Gasteiger partial charge in [-0.25, -0.2) is 9.67 Å². The van der Waals surface area contributed by atoms with Crippen molar-refractivity contribution in [3.8, 4) is 16.9 Å². The smallest absolute Gasteiger partial charge is 0.313 e. The summed E-state index contributed by atoms with van der Waals surface area (Å²) >= 11 is 2.65. The highest BCUT2D eigenvalue weighted by Gasteiger charge is 2.08. The van der Waals surface area contributed by atoms with E-state index in [0.717, 1.165) is 21.3 Å². The first-order valence-corrected chi connectivity index (χ1v) is 7.73. The van der Waals surface area contributed by atoms with Crippen LogP contribution >= 0.6 is 23.1 Å². The van der Waals surface area contributed by atoms with Crippen LogP contribution in [-0.2, 0) is 4.79 Å². The normalized spacial score (nSPS) is 10.7. The molecule has 3 rings (SSSR count). The molecular formula is C12H9N5O2S2. The van der Waals surface area contributed by atoms with Gasteiger partial charge in [0.1, 0.15) is 6.33 Å². The summed E-state index contributed by atoms with van der Waals surface area (Å²) in [5.74, 6) is -0.838. The highest BCUT2D eigenvalue weighted by Crippen LogP contribution is 2.28. The Labute approximate surface area is 127 Å². The van der Waals surface area contributed by atoms with Gasteiger partial charge < -0.3 is 5.11 Å². The molecule has 2 heterocycles. The van der Waals surface area contributed by atoms with Crippen LogP contribution in [0.25, 0.3) is 16.9 Å². The lowest BCUT2D eigenvalue weighted by Gasteiger charge is -2.01. The lowest BCUT2D eigenvalue weighted by molar-refractivity contribution is -0.133. The fourth-order valence-electron chi connectivity index (χ4n) is 1.67. The fraction of sp³-hybridized carbons (Fsp3) is 0.0833. The molecule has 1 aromatic carbocycles. The highest BCUT2D eigenvalue weighted by molar-refractivity contribution is 8.01. The van der Waals surface area contributed by atoms with Crippen LogP contribution < -0.4 is 0 Å². The van der Waals surface area contributed by atoms with Gasteiger partial charge in [-0.15, -0.1) is 16.4 Å². The van der Waals surface area contributed by atoms with Crippen LogP contribution in [0.4, 0.5) is 0 Å². The summed E-state index contributed by atoms with van der Waals surface area (Å²) < 4.78 is 2.30. The Kier molecular flexibility index (Phi) is 3.93. The van der Waals surface area contributed by atoms with Crippen LogP contribution in [0.15, 0.2) is 40.3 Å². The van der Waals surface area contributed by atoms with E-state index in [-0.39, 0.29) is 5.75 Å². The number of aliphatic carboxylic acids is 1. The second kappa shape index (κ2) is 6.02. The molecule has 3 aromatic rings. The van der Waals surface area contributed by atoms with Crippen molar-refractivity contribution in [3.05, 3.63) is 36.0 Å². The molecular weight excluding hydrogens is 310 g/mol. The Bertz CT molecular complexity index is 757. The number of nitrogens with zero attached hydrogens (tertiary/aromatic N) is 5. The molecule has 0 atom stereocenters. The van der Waals surface area contributed by atoms with Crippen molar-refractivity contribution in [3.63, 3.8) is 0 Å². The largest absolute Gasteiger partial charge is 0.481 e. The van der Waals surface area contributed by atoms with E-state index in [1.807, 2.05) is 29.6 Å². The standard InChI is InChI=1S/C12H9N5O2S2/c18-11(19)6-21-12-14-10(5-20-12)8-2-1-3-9(4-8)17-7-13-15-16-17/h1-5,7H,6H2,(H,18,19). The molecule has 7 nitrogen and oxygen atoms in total. The van der Waals surface area contributed by atoms with E-state index in [1.165, 1.54) is 29.4 Å². The number of carbonyl (C=O) groups is 1. The fourth-order valence-corrected chi connectivity index (χ4v) is 3.22. The average molecular weight is 319 g/mol. The van der Waals surface area contributed by atoms with Gasteiger partial charge in [-0.3, -0.25) is 4.79 Å². The number of carboxylic acids is 1. The highest BCUT2D eigenvalue weighted by atomic mass is 32.2. The Morgan fingerprint density at radius 3 is 3.10 bits per heavy atom. The van der Waals surface area contributed by atoms with Gasteiger partial charge in [-0.1, -0.05) is 23.9 Å². The van der Waals surface area contributed by atoms with Crippen molar-refractivity contribution in [1.82, 2.24) is 25.2 Å². The van der Waals surface area contributed by atoms with E-state index in [0.29, 0.717) is 0 Å². The Balaban J connectivity index is 1.84. The third-order valence-corrected chi connectivity index (χ3v) is 4.56. The van der Waals surface area contributed by atoms with Gasteiger partial charge in [0, 0.05) is 10.9 Å². The summed E-state index contributed by atoms with van der Waals surface area (Å²) in [5.41, 5.74) is 2.58. The summed E-state index contributed by atoms with van der Waals surface area (Å²) in [7, 11) is 0. The third-order valence-electron chi connectivity index (χ3n) is 2.56. The molecule has 0 spiro atoms. The summed E-state index contributed by atoms with van der Waals surface area (Å²) in [6.45, 7) is 0. The molecule has 9 heteroatoms. The number of thioether (sulfide) groups is 1. The molecule has 0 amide bonds. The van der Waals surface area contributed by atoms with E-state index >= 15 is 0 Å². The van der Waals surface area contributed by atoms with Crippen LogP contribution in [0.3, 0.4) is 0 Å². The minimum absolute atomic E-state index is 0.0115. The lowest BCUT2D eigenvalue weighted by Crippen LogP contribution is -1.97. The summed E-state index contributed by atoms with van der Waals surface area (Å²) in [6.07, 6.45) is 1.52. The number of benzene rings is 1. The average Bonchev–Trinajstić information content (AvgIpc) is 3.17. The van der Waals surface area contributed by atoms with Crippen molar-refractivity contribution in [2.24, 2.45) is 0 Å². The zero-order chi connectivity index (χ0) is 14.7. The first kappa shape index (κ1) is 13.7. The molecule has 2 aromatic heterocycles. The van der Waals surface area contributed by atoms with Gasteiger partial charge in [0.2, 0.25) is 0 Å². The van der Waals surface area contributed by atoms with Gasteiger partial charge >= 0.3 is 5.97 Å². The maximum absolute atomic E-state index is 10.6. The maximum Gasteiger partial charge on any atom is 0.313 e. The van der Waals surface area contributed by atoms with Gasteiger partial charge in [-0.2, -0.15) is 0 Å². The van der Waals surface area contributed by atoms with Gasteiger partial charge in [0.05, 0.1) is 17.1 Å². The van der Waals surface area contributed by atoms with Crippen LogP contribution in [0.5, 0.6) is 0 Å². The number of carboxylic acid groups (broad SMARTS) is 1. The number of hydrogen-bond donors (Lipinski definition) is 1. The predicted molar refractivity (Wildman–Crippen MR) is 78.6 cm³/mol. The molecule has 21 heavy (non-hydrogen) atoms. The molecule has 0 saturated heterocycles. The quantitative estimate of drug-likeness (QED) is 0.718. The third kappa shape index (κ3) is 3.26. The van der Waals surface area contributed by atoms with Gasteiger partial charge in [0.25, 0.3) is 0 Å². The van der Waals surface area contributed by atoms with Crippen molar-refractivity contribution >= 4 is 29.1 Å². The maximum atomic E-state index is 10.6. The van der Waals surface area contributed by atoms with Crippen molar-refractivity contribution in [2.45, 2.75) is 4.34 Å². The van der Waals surface area contributed by atoms with E-state index < -0.39 is 5.97 Å². The second-order valence-electron chi connectivity index (χ2n) is 3.99. The Morgan fingerprint density at radius 2 is 2.33 bits per heavy atom. The molecule has 0 saturated carbocycles. The number of aromatic nitrogens is 5. The van der Waals surface area contributed by atoms with Crippen molar-refractivity contribution in [2.75, 3.05) is 5.75 Å². The van der Waals surface area contributed by atoms with Crippen LogP contribution in [0.2, 0.25) is 0 Å². The number of tetrazole rings is 1. The number of hydrogen-bond acceptors (Lipinski definition) is 7. The topological polar surface area (TPSA) is 93.8 Å². The minimum Gasteiger partial charge on any atom is -0.481 e.